The molecule has 0 atom stereocenters. The van der Waals surface area contributed by atoms with Crippen LogP contribution in [0.3, 0.4) is 0 Å². The van der Waals surface area contributed by atoms with E-state index in [-0.39, 0.29) is 0 Å². The summed E-state index contributed by atoms with van der Waals surface area (Å²) in [7, 11) is 4.80. The van der Waals surface area contributed by atoms with Gasteiger partial charge in [0, 0.05) is 6.07 Å². The van der Waals surface area contributed by atoms with E-state index in [1.54, 1.807) is 42.8 Å². The molecule has 4 aromatic rings. The number of fused-ring (bicyclic) bond motifs is 2. The Kier molecular flexibility index (Phi) is 3.08. The van der Waals surface area contributed by atoms with Gasteiger partial charge in [0.2, 0.25) is 4.96 Å². The summed E-state index contributed by atoms with van der Waals surface area (Å²) in [4.78, 5) is 5.09. The predicted molar refractivity (Wildman–Crippen MR) is 84.7 cm³/mol. The molecule has 4 rings (SSSR count). The van der Waals surface area contributed by atoms with Crippen LogP contribution < -0.4 is 14.2 Å². The highest BCUT2D eigenvalue weighted by Crippen LogP contribution is 2.31. The highest BCUT2D eigenvalue weighted by atomic mass is 32.1. The van der Waals surface area contributed by atoms with Gasteiger partial charge in [-0.25, -0.2) is 9.50 Å². The summed E-state index contributed by atoms with van der Waals surface area (Å²) in [5.74, 6) is 1.34. The second kappa shape index (κ2) is 5.13. The maximum atomic E-state index is 5.41. The minimum atomic E-state index is 0.553. The lowest BCUT2D eigenvalue weighted by Gasteiger charge is -2.05. The van der Waals surface area contributed by atoms with Gasteiger partial charge in [0.15, 0.2) is 0 Å². The van der Waals surface area contributed by atoms with Crippen LogP contribution in [0.5, 0.6) is 16.7 Å². The van der Waals surface area contributed by atoms with Crippen molar-refractivity contribution in [1.29, 1.82) is 0 Å². The highest BCUT2D eigenvalue weighted by Gasteiger charge is 2.16. The maximum absolute atomic E-state index is 5.41. The number of hydrogen-bond acceptors (Lipinski definition) is 7. The van der Waals surface area contributed by atoms with E-state index < -0.39 is 0 Å². The van der Waals surface area contributed by atoms with Crippen molar-refractivity contribution in [3.63, 3.8) is 0 Å². The zero-order chi connectivity index (χ0) is 16.0. The Labute approximate surface area is 134 Å². The molecule has 0 amide bonds. The van der Waals surface area contributed by atoms with Crippen molar-refractivity contribution in [2.45, 2.75) is 0 Å². The Bertz CT molecular complexity index is 1000. The van der Waals surface area contributed by atoms with E-state index in [0.717, 1.165) is 21.9 Å². The molecule has 0 aromatic carbocycles. The number of aromatic nitrogens is 5. The first-order valence-corrected chi connectivity index (χ1v) is 7.55. The second-order valence-corrected chi connectivity index (χ2v) is 5.64. The maximum Gasteiger partial charge on any atom is 0.294 e. The van der Waals surface area contributed by atoms with E-state index in [1.165, 1.54) is 11.3 Å². The highest BCUT2D eigenvalue weighted by molar-refractivity contribution is 7.18. The zero-order valence-corrected chi connectivity index (χ0v) is 13.5. The van der Waals surface area contributed by atoms with Crippen LogP contribution in [0.1, 0.15) is 0 Å². The van der Waals surface area contributed by atoms with Gasteiger partial charge in [-0.3, -0.25) is 0 Å². The number of hydrogen-bond donors (Lipinski definition) is 0. The fourth-order valence-corrected chi connectivity index (χ4v) is 3.06. The van der Waals surface area contributed by atoms with Gasteiger partial charge in [0.25, 0.3) is 5.19 Å². The largest absolute Gasteiger partial charge is 0.495 e. The molecule has 0 N–H and O–H groups in total. The Hall–Kier alpha value is -2.81. The molecule has 0 saturated carbocycles. The second-order valence-electron chi connectivity index (χ2n) is 4.72. The molecule has 9 heteroatoms. The molecule has 0 unspecified atom stereocenters. The van der Waals surface area contributed by atoms with E-state index >= 15 is 0 Å². The minimum absolute atomic E-state index is 0.553. The zero-order valence-electron chi connectivity index (χ0n) is 12.7. The van der Waals surface area contributed by atoms with E-state index in [2.05, 4.69) is 15.2 Å². The predicted octanol–water partition coefficient (Wildman–Crippen LogP) is 2.13. The number of nitrogens with zero attached hydrogens (tertiary/aromatic N) is 5. The Balaban J connectivity index is 1.92. The molecule has 0 aliphatic heterocycles. The first kappa shape index (κ1) is 13.8. The van der Waals surface area contributed by atoms with Crippen LogP contribution >= 0.6 is 11.3 Å². The minimum Gasteiger partial charge on any atom is -0.495 e. The van der Waals surface area contributed by atoms with Crippen molar-refractivity contribution < 1.29 is 14.2 Å². The number of rotatable bonds is 4. The lowest BCUT2D eigenvalue weighted by atomic mass is 10.3. The van der Waals surface area contributed by atoms with Crippen molar-refractivity contribution in [1.82, 2.24) is 24.2 Å². The number of pyridine rings is 1. The van der Waals surface area contributed by atoms with Crippen molar-refractivity contribution >= 4 is 21.8 Å². The van der Waals surface area contributed by atoms with E-state index in [4.69, 9.17) is 14.2 Å². The SMILES string of the molecule is COc1cc(OC)c2cc(-c3cnc4sc(OC)nn34)nn2c1. The molecule has 0 saturated heterocycles. The third kappa shape index (κ3) is 2.08. The monoisotopic (exact) mass is 331 g/mol. The van der Waals surface area contributed by atoms with Gasteiger partial charge in [-0.2, -0.15) is 9.61 Å². The summed E-state index contributed by atoms with van der Waals surface area (Å²) in [6.45, 7) is 0. The van der Waals surface area contributed by atoms with Gasteiger partial charge in [-0.15, -0.1) is 5.10 Å². The molecule has 0 bridgehead atoms. The number of methoxy groups -OCH3 is 3. The van der Waals surface area contributed by atoms with E-state index in [9.17, 15) is 0 Å². The number of imidazole rings is 1. The fraction of sp³-hybridized carbons (Fsp3) is 0.214. The van der Waals surface area contributed by atoms with Gasteiger partial charge in [0.1, 0.15) is 28.4 Å². The summed E-state index contributed by atoms with van der Waals surface area (Å²) in [5.41, 5.74) is 2.35. The smallest absolute Gasteiger partial charge is 0.294 e. The van der Waals surface area contributed by atoms with Crippen LogP contribution in [0.4, 0.5) is 0 Å². The summed E-state index contributed by atoms with van der Waals surface area (Å²) in [5, 5.41) is 9.49. The molecule has 4 heterocycles. The lowest BCUT2D eigenvalue weighted by Crippen LogP contribution is -1.94. The van der Waals surface area contributed by atoms with Crippen LogP contribution in [0.2, 0.25) is 0 Å². The third-order valence-corrected chi connectivity index (χ3v) is 4.35. The van der Waals surface area contributed by atoms with Crippen LogP contribution in [0.25, 0.3) is 21.9 Å². The molecule has 118 valence electrons. The van der Waals surface area contributed by atoms with Crippen LogP contribution in [-0.4, -0.2) is 45.5 Å². The van der Waals surface area contributed by atoms with Gasteiger partial charge in [0.05, 0.1) is 33.7 Å². The topological polar surface area (TPSA) is 75.2 Å². The quantitative estimate of drug-likeness (QED) is 0.570. The van der Waals surface area contributed by atoms with E-state index in [1.807, 2.05) is 12.1 Å². The molecule has 0 aliphatic rings. The Morgan fingerprint density at radius 1 is 1.04 bits per heavy atom. The van der Waals surface area contributed by atoms with Crippen molar-refractivity contribution in [2.75, 3.05) is 21.3 Å². The molecule has 0 radical (unpaired) electrons. The van der Waals surface area contributed by atoms with Gasteiger partial charge < -0.3 is 14.2 Å². The van der Waals surface area contributed by atoms with Crippen LogP contribution in [-0.2, 0) is 0 Å². The number of ether oxygens (including phenoxy) is 3. The fourth-order valence-electron chi connectivity index (χ4n) is 2.37. The van der Waals surface area contributed by atoms with Gasteiger partial charge >= 0.3 is 0 Å². The van der Waals surface area contributed by atoms with Gasteiger partial charge in [-0.1, -0.05) is 0 Å². The standard InChI is InChI=1S/C14H13N5O3S/c1-20-8-4-12(21-2)10-5-9(16-18(10)7-8)11-6-15-13-19(11)17-14(22-3)23-13/h4-7H,1-3H3. The van der Waals surface area contributed by atoms with Gasteiger partial charge in [-0.05, 0) is 17.4 Å². The molecule has 0 fully saturated rings. The Morgan fingerprint density at radius 2 is 1.91 bits per heavy atom. The summed E-state index contributed by atoms with van der Waals surface area (Å²) in [6, 6.07) is 3.74. The first-order valence-electron chi connectivity index (χ1n) is 6.74. The first-order chi connectivity index (χ1) is 11.2. The average molecular weight is 331 g/mol. The van der Waals surface area contributed by atoms with E-state index in [0.29, 0.717) is 16.7 Å². The summed E-state index contributed by atoms with van der Waals surface area (Å²) >= 11 is 1.37. The molecular weight excluding hydrogens is 318 g/mol. The molecule has 23 heavy (non-hydrogen) atoms. The third-order valence-electron chi connectivity index (χ3n) is 3.47. The Morgan fingerprint density at radius 3 is 2.65 bits per heavy atom. The van der Waals surface area contributed by atoms with Crippen molar-refractivity contribution in [2.24, 2.45) is 0 Å². The molecule has 8 nitrogen and oxygen atoms in total. The molecule has 4 aromatic heterocycles. The average Bonchev–Trinajstić information content (AvgIpc) is 3.25. The van der Waals surface area contributed by atoms with Crippen LogP contribution in [0, 0.1) is 0 Å². The molecular formula is C14H13N5O3S. The molecule has 0 spiro atoms. The van der Waals surface area contributed by atoms with Crippen LogP contribution in [0.15, 0.2) is 24.5 Å². The van der Waals surface area contributed by atoms with Crippen molar-refractivity contribution in [3.8, 4) is 28.1 Å². The molecule has 0 aliphatic carbocycles. The summed E-state index contributed by atoms with van der Waals surface area (Å²) in [6.07, 6.45) is 3.53. The van der Waals surface area contributed by atoms with Crippen molar-refractivity contribution in [3.05, 3.63) is 24.5 Å². The lowest BCUT2D eigenvalue weighted by molar-refractivity contribution is 0.392. The normalized spacial score (nSPS) is 11.3. The summed E-state index contributed by atoms with van der Waals surface area (Å²) < 4.78 is 19.3.